The zero-order valence-corrected chi connectivity index (χ0v) is 43.3. The minimum Gasteiger partial charge on any atom is -0.444 e. The fourth-order valence-electron chi connectivity index (χ4n) is 9.04. The summed E-state index contributed by atoms with van der Waals surface area (Å²) < 4.78 is 17.5. The molecule has 370 valence electrons. The van der Waals surface area contributed by atoms with Gasteiger partial charge in [0.25, 0.3) is 0 Å². The second-order valence-electron chi connectivity index (χ2n) is 20.2. The molecule has 1 aromatic carbocycles. The second-order valence-corrected chi connectivity index (χ2v) is 21.1. The number of ketones is 3. The number of alkyl carbamates (subject to hydrolysis) is 1. The number of likely N-dealkylation sites (tertiary alicyclic amines) is 1. The number of ether oxygens (including phenoxy) is 3. The third kappa shape index (κ3) is 16.4. The van der Waals surface area contributed by atoms with Crippen LogP contribution in [-0.2, 0) is 39.8 Å². The van der Waals surface area contributed by atoms with Crippen LogP contribution >= 0.6 is 11.3 Å². The molecule has 9 atom stereocenters. The zero-order valence-electron chi connectivity index (χ0n) is 42.5. The molecule has 2 aromatic rings. The zero-order chi connectivity index (χ0) is 49.5. The van der Waals surface area contributed by atoms with Gasteiger partial charge in [0.15, 0.2) is 5.78 Å². The summed E-state index contributed by atoms with van der Waals surface area (Å²) >= 11 is 1.37. The summed E-state index contributed by atoms with van der Waals surface area (Å²) in [7, 11) is 4.95. The van der Waals surface area contributed by atoms with Gasteiger partial charge in [0.05, 0.1) is 35.7 Å². The average Bonchev–Trinajstić information content (AvgIpc) is 3.97. The highest BCUT2D eigenvalue weighted by molar-refractivity contribution is 7.10. The standard InChI is InChI=1S/C52H82N4O9S/c1-15-34(6)47(55(12)50(61)39(33(4)5)29-44(59)35(7)32(2)3)45(63-13)30-46(60)56-26-20-23-41(56)48(64-14)36(8)43(58)28-38(27-37-21-17-16-18-22-37)49-54-40(31-66-49)42(57)24-19-25-53-51(62)65-52(9,10)11/h16-18,21-22,31-36,38-39,41,45,47-48H,15,19-20,23-30H2,1-14H3,(H,53,62)/t34-,35-,36-,38+,39-,41-,45+,47-,48+/m0/s1. The second kappa shape index (κ2) is 26.5. The smallest absolute Gasteiger partial charge is 0.407 e. The monoisotopic (exact) mass is 939 g/mol. The lowest BCUT2D eigenvalue weighted by Crippen LogP contribution is -2.54. The van der Waals surface area contributed by atoms with E-state index in [-0.39, 0.29) is 97.0 Å². The molecule has 0 unspecified atom stereocenters. The number of carbonyl (C=O) groups is 6. The molecule has 1 aromatic heterocycles. The predicted molar refractivity (Wildman–Crippen MR) is 261 cm³/mol. The van der Waals surface area contributed by atoms with E-state index in [1.54, 1.807) is 52.3 Å². The number of carbonyl (C=O) groups excluding carboxylic acids is 6. The van der Waals surface area contributed by atoms with Gasteiger partial charge in [-0.1, -0.05) is 92.1 Å². The van der Waals surface area contributed by atoms with Crippen LogP contribution in [0.2, 0.25) is 0 Å². The van der Waals surface area contributed by atoms with Crippen molar-refractivity contribution in [1.29, 1.82) is 0 Å². The molecule has 66 heavy (non-hydrogen) atoms. The number of methoxy groups -OCH3 is 2. The van der Waals surface area contributed by atoms with Crippen molar-refractivity contribution < 1.29 is 43.0 Å². The van der Waals surface area contributed by atoms with Crippen LogP contribution in [-0.4, -0.2) is 114 Å². The van der Waals surface area contributed by atoms with Gasteiger partial charge in [0, 0.05) is 82.7 Å². The molecule has 0 bridgehead atoms. The van der Waals surface area contributed by atoms with Crippen molar-refractivity contribution in [2.75, 3.05) is 34.4 Å². The lowest BCUT2D eigenvalue weighted by Gasteiger charge is -2.41. The molecule has 13 nitrogen and oxygen atoms in total. The lowest BCUT2D eigenvalue weighted by molar-refractivity contribution is -0.149. The van der Waals surface area contributed by atoms with Crippen molar-refractivity contribution in [3.63, 3.8) is 0 Å². The lowest BCUT2D eigenvalue weighted by atomic mass is 9.82. The van der Waals surface area contributed by atoms with Crippen LogP contribution in [0.5, 0.6) is 0 Å². The van der Waals surface area contributed by atoms with E-state index in [0.717, 1.165) is 18.4 Å². The first-order valence-corrected chi connectivity index (χ1v) is 25.1. The minimum atomic E-state index is -0.615. The maximum Gasteiger partial charge on any atom is 0.407 e. The Morgan fingerprint density at radius 3 is 2.12 bits per heavy atom. The van der Waals surface area contributed by atoms with Crippen molar-refractivity contribution in [3.05, 3.63) is 52.0 Å². The SMILES string of the molecule is CC[C@H](C)[C@@H]([C@@H](CC(=O)N1CCC[C@H]1[C@H](OC)[C@@H](C)C(=O)C[C@@H](Cc1ccccc1)c1nc(C(=O)CCCNC(=O)OC(C)(C)C)cs1)OC)N(C)C(=O)[C@@H](CC(=O)[C@@H](C)C(C)C)C(C)C. The molecule has 1 aliphatic heterocycles. The van der Waals surface area contributed by atoms with Crippen molar-refractivity contribution in [1.82, 2.24) is 20.1 Å². The van der Waals surface area contributed by atoms with Crippen molar-refractivity contribution in [3.8, 4) is 0 Å². The fraction of sp³-hybridized carbons (Fsp3) is 0.712. The number of rotatable bonds is 27. The molecule has 1 saturated heterocycles. The quantitative estimate of drug-likeness (QED) is 0.0675. The number of aromatic nitrogens is 1. The van der Waals surface area contributed by atoms with Crippen molar-refractivity contribution >= 4 is 46.6 Å². The molecule has 1 N–H and O–H groups in total. The summed E-state index contributed by atoms with van der Waals surface area (Å²) in [6, 6.07) is 9.13. The first-order valence-electron chi connectivity index (χ1n) is 24.2. The Bertz CT molecular complexity index is 1880. The van der Waals surface area contributed by atoms with E-state index in [1.807, 2.05) is 76.8 Å². The van der Waals surface area contributed by atoms with Crippen molar-refractivity contribution in [2.45, 2.75) is 170 Å². The highest BCUT2D eigenvalue weighted by Gasteiger charge is 2.43. The van der Waals surface area contributed by atoms with E-state index in [1.165, 1.54) is 11.3 Å². The Labute approximate surface area is 399 Å². The van der Waals surface area contributed by atoms with Gasteiger partial charge < -0.3 is 29.3 Å². The van der Waals surface area contributed by atoms with Crippen LogP contribution in [0, 0.1) is 35.5 Å². The summed E-state index contributed by atoms with van der Waals surface area (Å²) in [6.07, 6.45) is 2.01. The molecule has 1 aliphatic rings. The van der Waals surface area contributed by atoms with Gasteiger partial charge in [0.1, 0.15) is 22.9 Å². The molecule has 0 aliphatic carbocycles. The number of benzene rings is 1. The molecule has 0 spiro atoms. The van der Waals surface area contributed by atoms with Gasteiger partial charge >= 0.3 is 6.09 Å². The highest BCUT2D eigenvalue weighted by Crippen LogP contribution is 2.34. The van der Waals surface area contributed by atoms with E-state index in [4.69, 9.17) is 19.2 Å². The largest absolute Gasteiger partial charge is 0.444 e. The van der Waals surface area contributed by atoms with Gasteiger partial charge in [0.2, 0.25) is 11.8 Å². The topological polar surface area (TPSA) is 162 Å². The van der Waals surface area contributed by atoms with Crippen LogP contribution in [0.15, 0.2) is 35.7 Å². The molecule has 2 heterocycles. The van der Waals surface area contributed by atoms with Crippen molar-refractivity contribution in [2.24, 2.45) is 35.5 Å². The summed E-state index contributed by atoms with van der Waals surface area (Å²) in [5, 5.41) is 5.13. The van der Waals surface area contributed by atoms with Crippen LogP contribution in [0.3, 0.4) is 0 Å². The first kappa shape index (κ1) is 56.3. The van der Waals surface area contributed by atoms with Gasteiger partial charge in [-0.2, -0.15) is 0 Å². The van der Waals surface area contributed by atoms with Crippen LogP contribution in [0.25, 0.3) is 0 Å². The average molecular weight is 939 g/mol. The number of likely N-dealkylation sites (N-methyl/N-ethyl adjacent to an activating group) is 1. The Morgan fingerprint density at radius 2 is 1.55 bits per heavy atom. The first-order chi connectivity index (χ1) is 31.0. The van der Waals surface area contributed by atoms with Crippen LogP contribution in [0.4, 0.5) is 4.79 Å². The van der Waals surface area contributed by atoms with Gasteiger partial charge in [-0.25, -0.2) is 9.78 Å². The van der Waals surface area contributed by atoms with E-state index >= 15 is 0 Å². The van der Waals surface area contributed by atoms with Gasteiger partial charge in [-0.15, -0.1) is 11.3 Å². The number of nitrogens with one attached hydrogen (secondary N) is 1. The van der Waals surface area contributed by atoms with E-state index in [0.29, 0.717) is 36.5 Å². The van der Waals surface area contributed by atoms with E-state index in [9.17, 15) is 28.8 Å². The molecule has 3 rings (SSSR count). The fourth-order valence-corrected chi connectivity index (χ4v) is 9.97. The summed E-state index contributed by atoms with van der Waals surface area (Å²) in [6.45, 7) is 22.1. The number of thiazole rings is 1. The highest BCUT2D eigenvalue weighted by atomic mass is 32.1. The molecule has 1 fully saturated rings. The Hall–Kier alpha value is -4.01. The molecular weight excluding hydrogens is 857 g/mol. The number of amides is 3. The maximum atomic E-state index is 14.5. The van der Waals surface area contributed by atoms with E-state index in [2.05, 4.69) is 19.2 Å². The summed E-state index contributed by atoms with van der Waals surface area (Å²) in [4.78, 5) is 90.0. The minimum absolute atomic E-state index is 0.00229. The Kier molecular flexibility index (Phi) is 22.6. The summed E-state index contributed by atoms with van der Waals surface area (Å²) in [5.41, 5.74) is 0.766. The predicted octanol–water partition coefficient (Wildman–Crippen LogP) is 9.36. The normalized spacial score (nSPS) is 17.9. The molecule has 3 amide bonds. The third-order valence-electron chi connectivity index (χ3n) is 13.6. The molecular formula is C52H82N4O9S. The molecule has 14 heteroatoms. The van der Waals surface area contributed by atoms with Gasteiger partial charge in [-0.3, -0.25) is 24.0 Å². The van der Waals surface area contributed by atoms with Crippen LogP contribution in [0.1, 0.15) is 155 Å². The molecule has 0 saturated carbocycles. The summed E-state index contributed by atoms with van der Waals surface area (Å²) in [5.74, 6) is -1.70. The molecule has 0 radical (unpaired) electrons. The number of nitrogens with zero attached hydrogens (tertiary/aromatic N) is 3. The number of Topliss-reactive ketones (excluding diaryl/α,β-unsaturated/α-hetero) is 3. The number of hydrogen-bond acceptors (Lipinski definition) is 11. The van der Waals surface area contributed by atoms with E-state index < -0.39 is 41.8 Å². The third-order valence-corrected chi connectivity index (χ3v) is 14.6. The maximum absolute atomic E-state index is 14.5. The Balaban J connectivity index is 1.78. The van der Waals surface area contributed by atoms with Gasteiger partial charge in [-0.05, 0) is 69.8 Å². The Morgan fingerprint density at radius 1 is 0.894 bits per heavy atom. The van der Waals surface area contributed by atoms with Crippen LogP contribution < -0.4 is 5.32 Å². The number of hydrogen-bond donors (Lipinski definition) is 1.